The van der Waals surface area contributed by atoms with Crippen molar-refractivity contribution in [2.24, 2.45) is 5.92 Å². The minimum absolute atomic E-state index is 0.204. The number of nitrogens with one attached hydrogen (secondary N) is 2. The van der Waals surface area contributed by atoms with Crippen LogP contribution in [0.3, 0.4) is 0 Å². The fraction of sp³-hybridized carbons (Fsp3) is 0.765. The lowest BCUT2D eigenvalue weighted by Gasteiger charge is -2.21. The highest BCUT2D eigenvalue weighted by Crippen LogP contribution is 2.33. The molecule has 1 amide bonds. The van der Waals surface area contributed by atoms with E-state index in [1.807, 2.05) is 0 Å². The van der Waals surface area contributed by atoms with E-state index in [9.17, 15) is 4.79 Å². The molecule has 5 heteroatoms. The molecular weight excluding hydrogens is 294 g/mol. The van der Waals surface area contributed by atoms with Gasteiger partial charge >= 0.3 is 0 Å². The molecule has 1 aromatic rings. The Morgan fingerprint density at radius 3 is 2.77 bits per heavy atom. The zero-order chi connectivity index (χ0) is 15.2. The Morgan fingerprint density at radius 2 is 2.00 bits per heavy atom. The van der Waals surface area contributed by atoms with Crippen LogP contribution in [-0.4, -0.2) is 30.5 Å². The minimum Gasteiger partial charge on any atom is -0.355 e. The highest BCUT2D eigenvalue weighted by molar-refractivity contribution is 7.09. The Hall–Kier alpha value is -0.940. The molecular formula is C17H27N3OS. The smallest absolute Gasteiger partial charge is 0.223 e. The lowest BCUT2D eigenvalue weighted by Crippen LogP contribution is -2.38. The molecule has 0 atom stereocenters. The van der Waals surface area contributed by atoms with Crippen LogP contribution in [0.5, 0.6) is 0 Å². The molecule has 0 spiro atoms. The molecule has 22 heavy (non-hydrogen) atoms. The molecule has 1 saturated heterocycles. The van der Waals surface area contributed by atoms with Crippen molar-refractivity contribution in [2.45, 2.75) is 57.3 Å². The summed E-state index contributed by atoms with van der Waals surface area (Å²) in [5.74, 6) is 1.11. The highest BCUT2D eigenvalue weighted by atomic mass is 32.1. The molecule has 2 N–H and O–H groups in total. The second kappa shape index (κ2) is 8.06. The van der Waals surface area contributed by atoms with E-state index in [0.29, 0.717) is 5.92 Å². The van der Waals surface area contributed by atoms with Crippen LogP contribution in [0.1, 0.15) is 61.6 Å². The van der Waals surface area contributed by atoms with Gasteiger partial charge in [-0.25, -0.2) is 4.98 Å². The minimum atomic E-state index is 0.204. The molecule has 1 aliphatic heterocycles. The van der Waals surface area contributed by atoms with E-state index in [1.54, 1.807) is 11.3 Å². The van der Waals surface area contributed by atoms with E-state index >= 15 is 0 Å². The number of aromatic nitrogens is 1. The normalized spacial score (nSPS) is 20.9. The van der Waals surface area contributed by atoms with Crippen LogP contribution in [0.4, 0.5) is 0 Å². The summed E-state index contributed by atoms with van der Waals surface area (Å²) >= 11 is 1.76. The van der Waals surface area contributed by atoms with E-state index in [4.69, 9.17) is 4.98 Å². The number of carbonyl (C=O) groups is 1. The van der Waals surface area contributed by atoms with Gasteiger partial charge in [-0.1, -0.05) is 19.3 Å². The number of carbonyl (C=O) groups excluding carboxylic acids is 1. The monoisotopic (exact) mass is 321 g/mol. The van der Waals surface area contributed by atoms with Gasteiger partial charge < -0.3 is 10.6 Å². The number of thiazole rings is 1. The maximum atomic E-state index is 12.1. The van der Waals surface area contributed by atoms with Crippen LogP contribution in [-0.2, 0) is 11.2 Å². The first-order chi connectivity index (χ1) is 10.8. The number of amides is 1. The van der Waals surface area contributed by atoms with Crippen molar-refractivity contribution in [1.29, 1.82) is 0 Å². The first-order valence-electron chi connectivity index (χ1n) is 8.75. The largest absolute Gasteiger partial charge is 0.355 e. The van der Waals surface area contributed by atoms with Crippen molar-refractivity contribution in [1.82, 2.24) is 15.6 Å². The van der Waals surface area contributed by atoms with E-state index in [0.717, 1.165) is 38.9 Å². The van der Waals surface area contributed by atoms with Gasteiger partial charge in [0, 0.05) is 30.2 Å². The molecule has 3 rings (SSSR count). The third-order valence-electron chi connectivity index (χ3n) is 4.94. The summed E-state index contributed by atoms with van der Waals surface area (Å²) in [4.78, 5) is 16.9. The number of nitrogens with zero attached hydrogens (tertiary/aromatic N) is 1. The van der Waals surface area contributed by atoms with E-state index in [1.165, 1.54) is 42.8 Å². The van der Waals surface area contributed by atoms with E-state index < -0.39 is 0 Å². The van der Waals surface area contributed by atoms with E-state index in [2.05, 4.69) is 16.0 Å². The predicted molar refractivity (Wildman–Crippen MR) is 90.2 cm³/mol. The van der Waals surface area contributed by atoms with Crippen LogP contribution < -0.4 is 10.6 Å². The van der Waals surface area contributed by atoms with Gasteiger partial charge in [-0.05, 0) is 38.8 Å². The average Bonchev–Trinajstić information content (AvgIpc) is 3.05. The van der Waals surface area contributed by atoms with Crippen LogP contribution >= 0.6 is 11.3 Å². The van der Waals surface area contributed by atoms with Gasteiger partial charge in [0.25, 0.3) is 0 Å². The lowest BCUT2D eigenvalue weighted by molar-refractivity contribution is -0.125. The molecule has 0 unspecified atom stereocenters. The molecule has 0 bridgehead atoms. The number of hydrogen-bond donors (Lipinski definition) is 2. The maximum absolute atomic E-state index is 12.1. The average molecular weight is 321 g/mol. The Kier molecular flexibility index (Phi) is 5.84. The van der Waals surface area contributed by atoms with Crippen molar-refractivity contribution >= 4 is 17.2 Å². The first kappa shape index (κ1) is 15.9. The summed E-state index contributed by atoms with van der Waals surface area (Å²) in [6, 6.07) is 0. The van der Waals surface area contributed by atoms with E-state index in [-0.39, 0.29) is 11.8 Å². The molecule has 1 saturated carbocycles. The molecule has 4 nitrogen and oxygen atoms in total. The topological polar surface area (TPSA) is 54.0 Å². The maximum Gasteiger partial charge on any atom is 0.223 e. The van der Waals surface area contributed by atoms with Crippen LogP contribution in [0, 0.1) is 5.92 Å². The third kappa shape index (κ3) is 4.29. The molecule has 1 aromatic heterocycles. The SMILES string of the molecule is O=C(NCCc1nc(C2CCCCC2)cs1)C1CCNCC1. The lowest BCUT2D eigenvalue weighted by atomic mass is 9.87. The molecule has 1 aliphatic carbocycles. The molecule has 2 heterocycles. The fourth-order valence-electron chi connectivity index (χ4n) is 3.55. The second-order valence-corrected chi connectivity index (χ2v) is 7.51. The van der Waals surface area contributed by atoms with Gasteiger partial charge in [0.15, 0.2) is 0 Å². The Morgan fingerprint density at radius 1 is 1.23 bits per heavy atom. The van der Waals surface area contributed by atoms with Crippen LogP contribution in [0.2, 0.25) is 0 Å². The Bertz CT molecular complexity index is 476. The van der Waals surface area contributed by atoms with Gasteiger partial charge in [0.1, 0.15) is 0 Å². The molecule has 122 valence electrons. The predicted octanol–water partition coefficient (Wildman–Crippen LogP) is 2.85. The second-order valence-electron chi connectivity index (χ2n) is 6.57. The number of piperidine rings is 1. The Balaban J connectivity index is 1.41. The van der Waals surface area contributed by atoms with Crippen molar-refractivity contribution in [3.63, 3.8) is 0 Å². The van der Waals surface area contributed by atoms with Crippen LogP contribution in [0.15, 0.2) is 5.38 Å². The summed E-state index contributed by atoms with van der Waals surface area (Å²) in [7, 11) is 0. The summed E-state index contributed by atoms with van der Waals surface area (Å²) in [5.41, 5.74) is 1.30. The number of rotatable bonds is 5. The first-order valence-corrected chi connectivity index (χ1v) is 9.63. The third-order valence-corrected chi connectivity index (χ3v) is 5.87. The van der Waals surface area contributed by atoms with Gasteiger partial charge in [-0.2, -0.15) is 0 Å². The van der Waals surface area contributed by atoms with Gasteiger partial charge in [-0.3, -0.25) is 4.79 Å². The van der Waals surface area contributed by atoms with Gasteiger partial charge in [-0.15, -0.1) is 11.3 Å². The standard InChI is InChI=1S/C17H27N3OS/c21-17(14-6-9-18-10-7-14)19-11-8-16-20-15(12-22-16)13-4-2-1-3-5-13/h12-14,18H,1-11H2,(H,19,21). The summed E-state index contributed by atoms with van der Waals surface area (Å²) in [5, 5.41) is 9.80. The van der Waals surface area contributed by atoms with Crippen molar-refractivity contribution in [3.8, 4) is 0 Å². The summed E-state index contributed by atoms with van der Waals surface area (Å²) < 4.78 is 0. The zero-order valence-corrected chi connectivity index (χ0v) is 14.1. The van der Waals surface area contributed by atoms with Crippen molar-refractivity contribution in [3.05, 3.63) is 16.1 Å². The summed E-state index contributed by atoms with van der Waals surface area (Å²) in [6.45, 7) is 2.66. The number of hydrogen-bond acceptors (Lipinski definition) is 4. The van der Waals surface area contributed by atoms with Crippen LogP contribution in [0.25, 0.3) is 0 Å². The highest BCUT2D eigenvalue weighted by Gasteiger charge is 2.21. The molecule has 2 aliphatic rings. The van der Waals surface area contributed by atoms with Crippen molar-refractivity contribution in [2.75, 3.05) is 19.6 Å². The summed E-state index contributed by atoms with van der Waals surface area (Å²) in [6.07, 6.45) is 9.49. The van der Waals surface area contributed by atoms with Gasteiger partial charge in [0.05, 0.1) is 10.7 Å². The molecule has 2 fully saturated rings. The molecule has 0 radical (unpaired) electrons. The quantitative estimate of drug-likeness (QED) is 0.877. The Labute approximate surface area is 137 Å². The molecule has 0 aromatic carbocycles. The van der Waals surface area contributed by atoms with Crippen molar-refractivity contribution < 1.29 is 4.79 Å². The zero-order valence-electron chi connectivity index (χ0n) is 13.3. The fourth-order valence-corrected chi connectivity index (χ4v) is 4.43. The van der Waals surface area contributed by atoms with Gasteiger partial charge in [0.2, 0.25) is 5.91 Å².